The number of hydrogen-bond donors (Lipinski definition) is 1. The van der Waals surface area contributed by atoms with Gasteiger partial charge in [-0.05, 0) is 6.07 Å². The van der Waals surface area contributed by atoms with Crippen LogP contribution in [0, 0.1) is 0 Å². The maximum Gasteiger partial charge on any atom is 0.574 e. The molecule has 0 saturated heterocycles. The fourth-order valence-corrected chi connectivity index (χ4v) is 1.40. The summed E-state index contributed by atoms with van der Waals surface area (Å²) in [6, 6.07) is 0.288. The lowest BCUT2D eigenvalue weighted by Gasteiger charge is -2.16. The summed E-state index contributed by atoms with van der Waals surface area (Å²) in [5, 5.41) is 8.58. The Bertz CT molecular complexity index is 540. The van der Waals surface area contributed by atoms with Crippen molar-refractivity contribution >= 4 is 5.97 Å². The molecule has 118 valence electrons. The van der Waals surface area contributed by atoms with Crippen LogP contribution in [0.3, 0.4) is 0 Å². The highest BCUT2D eigenvalue weighted by atomic mass is 19.4. The molecule has 0 aliphatic carbocycles. The van der Waals surface area contributed by atoms with Gasteiger partial charge in [0.1, 0.15) is 5.69 Å². The third-order valence-electron chi connectivity index (χ3n) is 2.07. The third-order valence-corrected chi connectivity index (χ3v) is 2.07. The summed E-state index contributed by atoms with van der Waals surface area (Å²) in [7, 11) is 0.846. The molecule has 5 nitrogen and oxygen atoms in total. The van der Waals surface area contributed by atoms with Crippen LogP contribution in [0.4, 0.5) is 26.3 Å². The minimum absolute atomic E-state index is 0.288. The third kappa shape index (κ3) is 4.68. The van der Waals surface area contributed by atoms with Crippen molar-refractivity contribution in [3.63, 3.8) is 0 Å². The summed E-state index contributed by atoms with van der Waals surface area (Å²) in [6.45, 7) is 0. The Morgan fingerprint density at radius 1 is 1.29 bits per heavy atom. The number of nitrogens with zero attached hydrogens (tertiary/aromatic N) is 1. The number of halogens is 6. The van der Waals surface area contributed by atoms with Gasteiger partial charge in [0, 0.05) is 5.56 Å². The van der Waals surface area contributed by atoms with Gasteiger partial charge >= 0.3 is 18.5 Å². The minimum atomic E-state index is -5.31. The van der Waals surface area contributed by atoms with Gasteiger partial charge in [-0.1, -0.05) is 0 Å². The van der Waals surface area contributed by atoms with Gasteiger partial charge < -0.3 is 14.6 Å². The van der Waals surface area contributed by atoms with E-state index in [2.05, 4.69) is 14.5 Å². The molecule has 11 heteroatoms. The Balaban J connectivity index is 3.47. The van der Waals surface area contributed by atoms with E-state index >= 15 is 0 Å². The van der Waals surface area contributed by atoms with E-state index in [1.54, 1.807) is 0 Å². The van der Waals surface area contributed by atoms with E-state index in [1.807, 2.05) is 0 Å². The molecule has 0 amide bonds. The van der Waals surface area contributed by atoms with Crippen molar-refractivity contribution < 1.29 is 45.7 Å². The van der Waals surface area contributed by atoms with Gasteiger partial charge in [0.15, 0.2) is 5.75 Å². The molecule has 21 heavy (non-hydrogen) atoms. The topological polar surface area (TPSA) is 68.7 Å². The summed E-state index contributed by atoms with van der Waals surface area (Å²) in [4.78, 5) is 13.3. The number of carboxylic acids is 1. The molecule has 0 bridgehead atoms. The molecule has 1 aromatic heterocycles. The number of pyridine rings is 1. The van der Waals surface area contributed by atoms with Gasteiger partial charge in [-0.25, -0.2) is 4.98 Å². The van der Waals surface area contributed by atoms with Gasteiger partial charge in [0.2, 0.25) is 0 Å². The fourth-order valence-electron chi connectivity index (χ4n) is 1.40. The molecule has 1 N–H and O–H groups in total. The first kappa shape index (κ1) is 16.9. The number of rotatable bonds is 4. The smallest absolute Gasteiger partial charge is 0.491 e. The van der Waals surface area contributed by atoms with Crippen molar-refractivity contribution in [1.82, 2.24) is 4.98 Å². The first-order valence-corrected chi connectivity index (χ1v) is 5.06. The number of alkyl halides is 6. The Morgan fingerprint density at radius 2 is 1.86 bits per heavy atom. The van der Waals surface area contributed by atoms with Crippen LogP contribution in [0.25, 0.3) is 0 Å². The van der Waals surface area contributed by atoms with Crippen molar-refractivity contribution in [2.45, 2.75) is 19.0 Å². The summed E-state index contributed by atoms with van der Waals surface area (Å²) in [5.74, 6) is -3.90. The van der Waals surface area contributed by atoms with Crippen LogP contribution in [0.1, 0.15) is 11.3 Å². The number of carboxylic acid groups (broad SMARTS) is 1. The summed E-state index contributed by atoms with van der Waals surface area (Å²) in [6.07, 6.45) is -11.4. The number of methoxy groups -OCH3 is 1. The lowest BCUT2D eigenvalue weighted by Crippen LogP contribution is -2.21. The Morgan fingerprint density at radius 3 is 2.24 bits per heavy atom. The lowest BCUT2D eigenvalue weighted by atomic mass is 10.1. The van der Waals surface area contributed by atoms with E-state index in [4.69, 9.17) is 5.11 Å². The zero-order valence-electron chi connectivity index (χ0n) is 10.2. The molecule has 0 aliphatic heterocycles. The second-order valence-electron chi connectivity index (χ2n) is 3.62. The predicted molar refractivity (Wildman–Crippen MR) is 53.8 cm³/mol. The molecule has 0 radical (unpaired) electrons. The Labute approximate surface area is 113 Å². The van der Waals surface area contributed by atoms with E-state index < -0.39 is 47.8 Å². The fraction of sp³-hybridized carbons (Fsp3) is 0.400. The standard InChI is InChI=1S/C10H7F6NO4/c1-20-7-4(3-6(18)19)2-5(9(11,12)13)17-8(7)21-10(14,15)16/h2H,3H2,1H3,(H,18,19). The predicted octanol–water partition coefficient (Wildman–Crippen LogP) is 2.63. The van der Waals surface area contributed by atoms with Crippen LogP contribution >= 0.6 is 0 Å². The molecule has 1 heterocycles. The molecule has 0 atom stereocenters. The number of hydrogen-bond acceptors (Lipinski definition) is 4. The van der Waals surface area contributed by atoms with Crippen molar-refractivity contribution in [3.8, 4) is 11.6 Å². The average Bonchev–Trinajstić information content (AvgIpc) is 2.24. The van der Waals surface area contributed by atoms with E-state index in [-0.39, 0.29) is 6.07 Å². The number of aromatic nitrogens is 1. The van der Waals surface area contributed by atoms with Gasteiger partial charge in [0.25, 0.3) is 5.88 Å². The van der Waals surface area contributed by atoms with E-state index in [0.717, 1.165) is 7.11 Å². The van der Waals surface area contributed by atoms with Crippen LogP contribution < -0.4 is 9.47 Å². The second kappa shape index (κ2) is 5.66. The summed E-state index contributed by atoms with van der Waals surface area (Å²) >= 11 is 0. The molecule has 1 rings (SSSR count). The number of aliphatic carboxylic acids is 1. The molecule has 0 aromatic carbocycles. The van der Waals surface area contributed by atoms with Gasteiger partial charge in [-0.3, -0.25) is 4.79 Å². The molecule has 0 aliphatic rings. The van der Waals surface area contributed by atoms with Crippen LogP contribution in [-0.4, -0.2) is 29.5 Å². The van der Waals surface area contributed by atoms with Gasteiger partial charge in [0.05, 0.1) is 13.5 Å². The lowest BCUT2D eigenvalue weighted by molar-refractivity contribution is -0.277. The number of carbonyl (C=O) groups is 1. The molecular weight excluding hydrogens is 312 g/mol. The van der Waals surface area contributed by atoms with Crippen LogP contribution in [-0.2, 0) is 17.4 Å². The van der Waals surface area contributed by atoms with Gasteiger partial charge in [-0.2, -0.15) is 13.2 Å². The maximum absolute atomic E-state index is 12.6. The monoisotopic (exact) mass is 319 g/mol. The highest BCUT2D eigenvalue weighted by molar-refractivity contribution is 5.72. The average molecular weight is 319 g/mol. The van der Waals surface area contributed by atoms with E-state index in [1.165, 1.54) is 0 Å². The zero-order valence-corrected chi connectivity index (χ0v) is 10.2. The molecule has 0 spiro atoms. The summed E-state index contributed by atoms with van der Waals surface area (Å²) < 4.78 is 82.0. The minimum Gasteiger partial charge on any atom is -0.491 e. The normalized spacial score (nSPS) is 12.1. The first-order valence-electron chi connectivity index (χ1n) is 5.06. The van der Waals surface area contributed by atoms with Crippen LogP contribution in [0.15, 0.2) is 6.07 Å². The largest absolute Gasteiger partial charge is 0.574 e. The van der Waals surface area contributed by atoms with Crippen molar-refractivity contribution in [1.29, 1.82) is 0 Å². The van der Waals surface area contributed by atoms with E-state index in [0.29, 0.717) is 0 Å². The van der Waals surface area contributed by atoms with Crippen molar-refractivity contribution in [2.75, 3.05) is 7.11 Å². The van der Waals surface area contributed by atoms with Crippen molar-refractivity contribution in [3.05, 3.63) is 17.3 Å². The highest BCUT2D eigenvalue weighted by Gasteiger charge is 2.38. The zero-order chi connectivity index (χ0) is 16.4. The van der Waals surface area contributed by atoms with Crippen molar-refractivity contribution in [2.24, 2.45) is 0 Å². The van der Waals surface area contributed by atoms with E-state index in [9.17, 15) is 31.1 Å². The Hall–Kier alpha value is -2.20. The second-order valence-corrected chi connectivity index (χ2v) is 3.62. The number of ether oxygens (including phenoxy) is 2. The first-order chi connectivity index (χ1) is 9.44. The molecule has 0 unspecified atom stereocenters. The molecule has 1 aromatic rings. The molecule has 0 fully saturated rings. The quantitative estimate of drug-likeness (QED) is 0.864. The summed E-state index contributed by atoms with van der Waals surface area (Å²) in [5.41, 5.74) is -2.37. The van der Waals surface area contributed by atoms with Gasteiger partial charge in [-0.15, -0.1) is 13.2 Å². The van der Waals surface area contributed by atoms with Crippen LogP contribution in [0.2, 0.25) is 0 Å². The highest BCUT2D eigenvalue weighted by Crippen LogP contribution is 2.38. The maximum atomic E-state index is 12.6. The Kier molecular flexibility index (Phi) is 4.54. The SMILES string of the molecule is COc1c(CC(=O)O)cc(C(F)(F)F)nc1OC(F)(F)F. The molecule has 0 saturated carbocycles. The molecular formula is C10H7F6NO4. The van der Waals surface area contributed by atoms with Crippen LogP contribution in [0.5, 0.6) is 11.6 Å².